The molecule has 1 atom stereocenters. The van der Waals surface area contributed by atoms with Crippen LogP contribution in [0, 0.1) is 0 Å². The molecule has 4 nitrogen and oxygen atoms in total. The van der Waals surface area contributed by atoms with E-state index in [-0.39, 0.29) is 0 Å². The van der Waals surface area contributed by atoms with Crippen LogP contribution in [-0.2, 0) is 4.74 Å². The fourth-order valence-corrected chi connectivity index (χ4v) is 2.56. The molecule has 1 aliphatic rings. The minimum Gasteiger partial charge on any atom is -0.497 e. The second kappa shape index (κ2) is 8.25. The van der Waals surface area contributed by atoms with Crippen molar-refractivity contribution in [3.63, 3.8) is 0 Å². The van der Waals surface area contributed by atoms with Crippen molar-refractivity contribution in [1.29, 1.82) is 0 Å². The summed E-state index contributed by atoms with van der Waals surface area (Å²) in [6, 6.07) is 8.77. The summed E-state index contributed by atoms with van der Waals surface area (Å²) in [5.74, 6) is 0.914. The highest BCUT2D eigenvalue weighted by Crippen LogP contribution is 2.19. The van der Waals surface area contributed by atoms with Gasteiger partial charge < -0.3 is 14.8 Å². The fourth-order valence-electron chi connectivity index (χ4n) is 2.56. The van der Waals surface area contributed by atoms with Gasteiger partial charge in [0.25, 0.3) is 0 Å². The second-order valence-electron chi connectivity index (χ2n) is 5.14. The minimum absolute atomic E-state index is 0.418. The Labute approximate surface area is 122 Å². The lowest BCUT2D eigenvalue weighted by Gasteiger charge is -2.27. The van der Waals surface area contributed by atoms with Crippen LogP contribution >= 0.6 is 0 Å². The number of hydrogen-bond acceptors (Lipinski definition) is 4. The monoisotopic (exact) mass is 278 g/mol. The largest absolute Gasteiger partial charge is 0.497 e. The van der Waals surface area contributed by atoms with E-state index < -0.39 is 0 Å². The summed E-state index contributed by atoms with van der Waals surface area (Å²) in [7, 11) is 1.70. The predicted octanol–water partition coefficient (Wildman–Crippen LogP) is 2.07. The minimum atomic E-state index is 0.418. The zero-order valence-corrected chi connectivity index (χ0v) is 12.6. The van der Waals surface area contributed by atoms with Gasteiger partial charge in [0.15, 0.2) is 0 Å². The first kappa shape index (κ1) is 15.3. The third-order valence-electron chi connectivity index (χ3n) is 3.85. The fraction of sp³-hybridized carbons (Fsp3) is 0.625. The van der Waals surface area contributed by atoms with Crippen LogP contribution in [0.3, 0.4) is 0 Å². The molecule has 1 N–H and O–H groups in total. The summed E-state index contributed by atoms with van der Waals surface area (Å²) in [5.41, 5.74) is 1.33. The number of rotatable bonds is 7. The van der Waals surface area contributed by atoms with Crippen LogP contribution in [0.1, 0.15) is 24.9 Å². The standard InChI is InChI=1S/C16H26N2O2/c1-3-16(14-4-6-15(19-2)7-5-14)17-8-9-18-10-12-20-13-11-18/h4-7,16-17H,3,8-13H2,1-2H3. The number of methoxy groups -OCH3 is 1. The number of ether oxygens (including phenoxy) is 2. The molecule has 1 aromatic rings. The molecule has 1 heterocycles. The van der Waals surface area contributed by atoms with Gasteiger partial charge in [-0.1, -0.05) is 19.1 Å². The predicted molar refractivity (Wildman–Crippen MR) is 81.3 cm³/mol. The van der Waals surface area contributed by atoms with Crippen molar-refractivity contribution in [1.82, 2.24) is 10.2 Å². The molecule has 112 valence electrons. The molecular formula is C16H26N2O2. The van der Waals surface area contributed by atoms with Crippen molar-refractivity contribution in [3.05, 3.63) is 29.8 Å². The first-order valence-corrected chi connectivity index (χ1v) is 7.51. The quantitative estimate of drug-likeness (QED) is 0.828. The summed E-state index contributed by atoms with van der Waals surface area (Å²) in [6.45, 7) is 8.19. The normalized spacial score (nSPS) is 17.9. The molecular weight excluding hydrogens is 252 g/mol. The lowest BCUT2D eigenvalue weighted by molar-refractivity contribution is 0.0381. The van der Waals surface area contributed by atoms with Crippen LogP contribution in [-0.4, -0.2) is 51.4 Å². The van der Waals surface area contributed by atoms with Gasteiger partial charge in [-0.05, 0) is 24.1 Å². The van der Waals surface area contributed by atoms with E-state index in [1.54, 1.807) is 7.11 Å². The molecule has 2 rings (SSSR count). The Morgan fingerprint density at radius 2 is 1.95 bits per heavy atom. The highest BCUT2D eigenvalue weighted by Gasteiger charge is 2.12. The molecule has 0 amide bonds. The number of morpholine rings is 1. The second-order valence-corrected chi connectivity index (χ2v) is 5.14. The van der Waals surface area contributed by atoms with Crippen LogP contribution in [0.25, 0.3) is 0 Å². The van der Waals surface area contributed by atoms with E-state index in [9.17, 15) is 0 Å². The highest BCUT2D eigenvalue weighted by atomic mass is 16.5. The molecule has 0 radical (unpaired) electrons. The Morgan fingerprint density at radius 1 is 1.25 bits per heavy atom. The topological polar surface area (TPSA) is 33.7 Å². The van der Waals surface area contributed by atoms with Gasteiger partial charge in [0.2, 0.25) is 0 Å². The van der Waals surface area contributed by atoms with Gasteiger partial charge in [-0.3, -0.25) is 4.90 Å². The van der Waals surface area contributed by atoms with E-state index >= 15 is 0 Å². The van der Waals surface area contributed by atoms with Gasteiger partial charge in [0.05, 0.1) is 20.3 Å². The van der Waals surface area contributed by atoms with Crippen LogP contribution in [0.4, 0.5) is 0 Å². The molecule has 1 unspecified atom stereocenters. The van der Waals surface area contributed by atoms with E-state index in [0.29, 0.717) is 6.04 Å². The number of hydrogen-bond donors (Lipinski definition) is 1. The summed E-state index contributed by atoms with van der Waals surface area (Å²) >= 11 is 0. The van der Waals surface area contributed by atoms with Crippen LogP contribution in [0.5, 0.6) is 5.75 Å². The maximum atomic E-state index is 5.37. The molecule has 1 saturated heterocycles. The van der Waals surface area contributed by atoms with Crippen molar-refractivity contribution < 1.29 is 9.47 Å². The zero-order chi connectivity index (χ0) is 14.2. The average molecular weight is 278 g/mol. The third-order valence-corrected chi connectivity index (χ3v) is 3.85. The van der Waals surface area contributed by atoms with Gasteiger partial charge in [0.1, 0.15) is 5.75 Å². The summed E-state index contributed by atoms with van der Waals surface area (Å²) < 4.78 is 10.6. The van der Waals surface area contributed by atoms with Gasteiger partial charge in [-0.25, -0.2) is 0 Å². The molecule has 0 aliphatic carbocycles. The highest BCUT2D eigenvalue weighted by molar-refractivity contribution is 5.29. The zero-order valence-electron chi connectivity index (χ0n) is 12.6. The Morgan fingerprint density at radius 3 is 2.55 bits per heavy atom. The Bertz CT molecular complexity index is 375. The molecule has 1 fully saturated rings. The number of nitrogens with zero attached hydrogens (tertiary/aromatic N) is 1. The van der Waals surface area contributed by atoms with Crippen molar-refractivity contribution >= 4 is 0 Å². The Hall–Kier alpha value is -1.10. The van der Waals surface area contributed by atoms with Crippen molar-refractivity contribution in [2.75, 3.05) is 46.5 Å². The smallest absolute Gasteiger partial charge is 0.118 e. The van der Waals surface area contributed by atoms with Crippen molar-refractivity contribution in [2.24, 2.45) is 0 Å². The van der Waals surface area contributed by atoms with Crippen molar-refractivity contribution in [2.45, 2.75) is 19.4 Å². The van der Waals surface area contributed by atoms with Crippen LogP contribution in [0.2, 0.25) is 0 Å². The summed E-state index contributed by atoms with van der Waals surface area (Å²) in [6.07, 6.45) is 1.09. The van der Waals surface area contributed by atoms with Gasteiger partial charge in [0, 0.05) is 32.2 Å². The molecule has 1 aliphatic heterocycles. The average Bonchev–Trinajstić information content (AvgIpc) is 2.53. The summed E-state index contributed by atoms with van der Waals surface area (Å²) in [4.78, 5) is 2.46. The summed E-state index contributed by atoms with van der Waals surface area (Å²) in [5, 5.41) is 3.65. The van der Waals surface area contributed by atoms with E-state index in [1.165, 1.54) is 5.56 Å². The molecule has 4 heteroatoms. The number of nitrogens with one attached hydrogen (secondary N) is 1. The number of benzene rings is 1. The first-order valence-electron chi connectivity index (χ1n) is 7.51. The molecule has 0 spiro atoms. The molecule has 0 aromatic heterocycles. The lowest BCUT2D eigenvalue weighted by atomic mass is 10.0. The molecule has 1 aromatic carbocycles. The Kier molecular flexibility index (Phi) is 6.30. The Balaban J connectivity index is 1.78. The molecule has 0 bridgehead atoms. The third kappa shape index (κ3) is 4.47. The van der Waals surface area contributed by atoms with E-state index in [1.807, 2.05) is 12.1 Å². The van der Waals surface area contributed by atoms with Crippen LogP contribution < -0.4 is 10.1 Å². The van der Waals surface area contributed by atoms with Crippen LogP contribution in [0.15, 0.2) is 24.3 Å². The van der Waals surface area contributed by atoms with E-state index in [4.69, 9.17) is 9.47 Å². The SMILES string of the molecule is CCC(NCCN1CCOCC1)c1ccc(OC)cc1. The van der Waals surface area contributed by atoms with E-state index in [0.717, 1.165) is 51.6 Å². The van der Waals surface area contributed by atoms with Gasteiger partial charge in [-0.2, -0.15) is 0 Å². The van der Waals surface area contributed by atoms with Crippen molar-refractivity contribution in [3.8, 4) is 5.75 Å². The van der Waals surface area contributed by atoms with Gasteiger partial charge >= 0.3 is 0 Å². The molecule has 20 heavy (non-hydrogen) atoms. The maximum absolute atomic E-state index is 5.37. The first-order chi connectivity index (χ1) is 9.83. The van der Waals surface area contributed by atoms with E-state index in [2.05, 4.69) is 29.3 Å². The molecule has 0 saturated carbocycles. The van der Waals surface area contributed by atoms with Gasteiger partial charge in [-0.15, -0.1) is 0 Å². The lowest BCUT2D eigenvalue weighted by Crippen LogP contribution is -2.40. The maximum Gasteiger partial charge on any atom is 0.118 e.